The lowest BCUT2D eigenvalue weighted by molar-refractivity contribution is -0.139. The molecule has 104 valence electrons. The number of carboxylic acids is 1. The van der Waals surface area contributed by atoms with E-state index in [-0.39, 0.29) is 13.0 Å². The van der Waals surface area contributed by atoms with Crippen LogP contribution in [0.1, 0.15) is 12.0 Å². The van der Waals surface area contributed by atoms with E-state index in [9.17, 15) is 9.59 Å². The summed E-state index contributed by atoms with van der Waals surface area (Å²) in [5.74, 6) is -1.18. The monoisotopic (exact) mass is 378 g/mol. The largest absolute Gasteiger partial charge is 0.480 e. The van der Waals surface area contributed by atoms with Crippen LogP contribution < -0.4 is 10.6 Å². The summed E-state index contributed by atoms with van der Waals surface area (Å²) in [4.78, 5) is 22.5. The lowest BCUT2D eigenvalue weighted by atomic mass is 10.2. The van der Waals surface area contributed by atoms with Crippen molar-refractivity contribution in [2.45, 2.75) is 19.4 Å². The molecule has 1 aromatic carbocycles. The lowest BCUT2D eigenvalue weighted by Gasteiger charge is -2.15. The van der Waals surface area contributed by atoms with E-state index in [2.05, 4.69) is 33.2 Å². The summed E-state index contributed by atoms with van der Waals surface area (Å²) in [7, 11) is 0. The number of hydrogen-bond donors (Lipinski definition) is 4. The van der Waals surface area contributed by atoms with Gasteiger partial charge in [0, 0.05) is 22.3 Å². The number of aliphatic carboxylic acids is 1. The predicted octanol–water partition coefficient (Wildman–Crippen LogP) is 1.56. The maximum absolute atomic E-state index is 11.7. The Kier molecular flexibility index (Phi) is 6.03. The molecule has 2 amide bonds. The Balaban J connectivity index is 2.69. The van der Waals surface area contributed by atoms with Crippen LogP contribution in [0.15, 0.2) is 18.2 Å². The number of aliphatic hydroxyl groups excluding tert-OH is 1. The molecule has 1 rings (SSSR count). The van der Waals surface area contributed by atoms with Crippen LogP contribution in [0.25, 0.3) is 0 Å². The van der Waals surface area contributed by atoms with Gasteiger partial charge < -0.3 is 20.8 Å². The molecule has 4 N–H and O–H groups in total. The summed E-state index contributed by atoms with van der Waals surface area (Å²) in [5, 5.41) is 22.5. The number of carbonyl (C=O) groups is 2. The maximum Gasteiger partial charge on any atom is 0.326 e. The van der Waals surface area contributed by atoms with Crippen LogP contribution in [0, 0.1) is 10.5 Å². The molecular formula is C12H15IN2O4. The number of anilines is 1. The quantitative estimate of drug-likeness (QED) is 0.585. The standard InChI is InChI=1S/C12H15IN2O4/c1-7-8(13)3-2-4-9(7)14-12(19)15-10(5-6-16)11(17)18/h2-4,10,16H,5-6H2,1H3,(H,17,18)(H2,14,15,19)/t10-/m0/s1. The molecule has 0 fully saturated rings. The summed E-state index contributed by atoms with van der Waals surface area (Å²) < 4.78 is 1.00. The zero-order valence-corrected chi connectivity index (χ0v) is 12.5. The molecule has 0 aliphatic rings. The van der Waals surface area contributed by atoms with Gasteiger partial charge in [-0.15, -0.1) is 0 Å². The molecule has 7 heteroatoms. The minimum atomic E-state index is -1.18. The molecule has 0 bridgehead atoms. The van der Waals surface area contributed by atoms with Crippen LogP contribution in [-0.4, -0.2) is 34.9 Å². The summed E-state index contributed by atoms with van der Waals surface area (Å²) in [6.07, 6.45) is -0.0337. The van der Waals surface area contributed by atoms with Crippen LogP contribution in [0.5, 0.6) is 0 Å². The molecule has 0 unspecified atom stereocenters. The van der Waals surface area contributed by atoms with Gasteiger partial charge in [0.15, 0.2) is 0 Å². The Labute approximate surface area is 124 Å². The van der Waals surface area contributed by atoms with Gasteiger partial charge in [0.25, 0.3) is 0 Å². The molecule has 0 aliphatic carbocycles. The summed E-state index contributed by atoms with van der Waals surface area (Å²) in [5.41, 5.74) is 1.53. The van der Waals surface area contributed by atoms with Gasteiger partial charge in [-0.3, -0.25) is 0 Å². The van der Waals surface area contributed by atoms with Crippen molar-refractivity contribution in [3.63, 3.8) is 0 Å². The first-order valence-electron chi connectivity index (χ1n) is 5.62. The van der Waals surface area contributed by atoms with Crippen LogP contribution >= 0.6 is 22.6 Å². The maximum atomic E-state index is 11.7. The van der Waals surface area contributed by atoms with E-state index in [1.807, 2.05) is 13.0 Å². The third-order valence-electron chi connectivity index (χ3n) is 2.54. The number of carbonyl (C=O) groups excluding carboxylic acids is 1. The van der Waals surface area contributed by atoms with Gasteiger partial charge in [0.2, 0.25) is 0 Å². The lowest BCUT2D eigenvalue weighted by Crippen LogP contribution is -2.43. The number of urea groups is 1. The van der Waals surface area contributed by atoms with Crippen LogP contribution in [0.4, 0.5) is 10.5 Å². The van der Waals surface area contributed by atoms with Gasteiger partial charge in [0.05, 0.1) is 0 Å². The zero-order valence-electron chi connectivity index (χ0n) is 10.3. The second kappa shape index (κ2) is 7.29. The van der Waals surface area contributed by atoms with Gasteiger partial charge in [-0.1, -0.05) is 6.07 Å². The predicted molar refractivity (Wildman–Crippen MR) is 79.2 cm³/mol. The normalized spacial score (nSPS) is 11.7. The molecule has 0 saturated heterocycles. The molecule has 19 heavy (non-hydrogen) atoms. The Morgan fingerprint density at radius 1 is 1.42 bits per heavy atom. The van der Waals surface area contributed by atoms with Gasteiger partial charge in [-0.2, -0.15) is 0 Å². The molecule has 0 aliphatic heterocycles. The number of hydrogen-bond acceptors (Lipinski definition) is 3. The molecular weight excluding hydrogens is 363 g/mol. The van der Waals surface area contributed by atoms with Crippen LogP contribution in [0.3, 0.4) is 0 Å². The number of amides is 2. The van der Waals surface area contributed by atoms with Gasteiger partial charge in [-0.25, -0.2) is 9.59 Å². The number of benzene rings is 1. The second-order valence-corrected chi connectivity index (χ2v) is 5.08. The third-order valence-corrected chi connectivity index (χ3v) is 3.71. The number of nitrogens with one attached hydrogen (secondary N) is 2. The van der Waals surface area contributed by atoms with Crippen LogP contribution in [-0.2, 0) is 4.79 Å². The van der Waals surface area contributed by atoms with E-state index < -0.39 is 18.0 Å². The first-order chi connectivity index (χ1) is 8.95. The van der Waals surface area contributed by atoms with E-state index in [1.54, 1.807) is 12.1 Å². The van der Waals surface area contributed by atoms with E-state index in [1.165, 1.54) is 0 Å². The number of rotatable bonds is 5. The fourth-order valence-electron chi connectivity index (χ4n) is 1.45. The highest BCUT2D eigenvalue weighted by Gasteiger charge is 2.19. The summed E-state index contributed by atoms with van der Waals surface area (Å²) in [6.45, 7) is 1.55. The molecule has 0 radical (unpaired) electrons. The fraction of sp³-hybridized carbons (Fsp3) is 0.333. The average Bonchev–Trinajstić information content (AvgIpc) is 2.34. The molecule has 1 atom stereocenters. The fourth-order valence-corrected chi connectivity index (χ4v) is 1.94. The molecule has 0 saturated carbocycles. The zero-order chi connectivity index (χ0) is 14.4. The van der Waals surface area contributed by atoms with E-state index in [0.717, 1.165) is 9.13 Å². The Morgan fingerprint density at radius 3 is 2.68 bits per heavy atom. The number of halogens is 1. The van der Waals surface area contributed by atoms with E-state index in [0.29, 0.717) is 5.69 Å². The second-order valence-electron chi connectivity index (χ2n) is 3.91. The average molecular weight is 378 g/mol. The van der Waals surface area contributed by atoms with E-state index >= 15 is 0 Å². The van der Waals surface area contributed by atoms with Crippen molar-refractivity contribution in [3.05, 3.63) is 27.3 Å². The van der Waals surface area contributed by atoms with Crippen molar-refractivity contribution in [2.75, 3.05) is 11.9 Å². The third kappa shape index (κ3) is 4.67. The van der Waals surface area contributed by atoms with Crippen molar-refractivity contribution >= 4 is 40.3 Å². The van der Waals surface area contributed by atoms with Crippen molar-refractivity contribution in [2.24, 2.45) is 0 Å². The highest BCUT2D eigenvalue weighted by molar-refractivity contribution is 14.1. The minimum Gasteiger partial charge on any atom is -0.480 e. The summed E-state index contributed by atoms with van der Waals surface area (Å²) >= 11 is 2.15. The SMILES string of the molecule is Cc1c(I)cccc1NC(=O)N[C@@H](CCO)C(=O)O. The Bertz CT molecular complexity index is 479. The molecule has 6 nitrogen and oxygen atoms in total. The number of aliphatic hydroxyl groups is 1. The smallest absolute Gasteiger partial charge is 0.326 e. The number of carboxylic acid groups (broad SMARTS) is 1. The first kappa shape index (κ1) is 15.7. The molecule has 1 aromatic rings. The molecule has 0 aromatic heterocycles. The highest BCUT2D eigenvalue weighted by atomic mass is 127. The van der Waals surface area contributed by atoms with Crippen molar-refractivity contribution in [1.82, 2.24) is 5.32 Å². The summed E-state index contributed by atoms with van der Waals surface area (Å²) in [6, 6.07) is 3.73. The first-order valence-corrected chi connectivity index (χ1v) is 6.70. The topological polar surface area (TPSA) is 98.7 Å². The van der Waals surface area contributed by atoms with Gasteiger partial charge in [-0.05, 0) is 47.2 Å². The molecule has 0 heterocycles. The Hall–Kier alpha value is -1.35. The van der Waals surface area contributed by atoms with Crippen molar-refractivity contribution in [1.29, 1.82) is 0 Å². The molecule has 0 spiro atoms. The Morgan fingerprint density at radius 2 is 2.11 bits per heavy atom. The van der Waals surface area contributed by atoms with Gasteiger partial charge >= 0.3 is 12.0 Å². The van der Waals surface area contributed by atoms with Crippen molar-refractivity contribution < 1.29 is 19.8 Å². The highest BCUT2D eigenvalue weighted by Crippen LogP contribution is 2.20. The van der Waals surface area contributed by atoms with Crippen molar-refractivity contribution in [3.8, 4) is 0 Å². The van der Waals surface area contributed by atoms with Gasteiger partial charge in [0.1, 0.15) is 6.04 Å². The van der Waals surface area contributed by atoms with Crippen LogP contribution in [0.2, 0.25) is 0 Å². The minimum absolute atomic E-state index is 0.0337. The van der Waals surface area contributed by atoms with E-state index in [4.69, 9.17) is 10.2 Å².